The zero-order chi connectivity index (χ0) is 15.0. The number of carboxylic acid groups (broad SMARTS) is 2. The molecule has 0 fully saturated rings. The van der Waals surface area contributed by atoms with Crippen LogP contribution in [0.3, 0.4) is 0 Å². The third-order valence-electron chi connectivity index (χ3n) is 2.97. The van der Waals surface area contributed by atoms with Gasteiger partial charge in [-0.25, -0.2) is 9.59 Å². The average Bonchev–Trinajstić information content (AvgIpc) is 2.38. The Hall–Kier alpha value is -1.69. The summed E-state index contributed by atoms with van der Waals surface area (Å²) >= 11 is 0. The zero-order valence-electron chi connectivity index (χ0n) is 11.5. The second kappa shape index (κ2) is 8.42. The van der Waals surface area contributed by atoms with E-state index in [9.17, 15) is 4.79 Å². The van der Waals surface area contributed by atoms with Gasteiger partial charge >= 0.3 is 11.9 Å². The molecule has 1 atom stereocenters. The van der Waals surface area contributed by atoms with Crippen molar-refractivity contribution in [1.82, 2.24) is 4.90 Å². The van der Waals surface area contributed by atoms with Crippen molar-refractivity contribution in [2.75, 3.05) is 20.1 Å². The van der Waals surface area contributed by atoms with E-state index in [0.29, 0.717) is 5.78 Å². The van der Waals surface area contributed by atoms with Gasteiger partial charge in [0, 0.05) is 19.0 Å². The van der Waals surface area contributed by atoms with E-state index in [-0.39, 0.29) is 5.92 Å². The topological polar surface area (TPSA) is 94.9 Å². The molecule has 19 heavy (non-hydrogen) atoms. The maximum Gasteiger partial charge on any atom is 0.414 e. The van der Waals surface area contributed by atoms with Crippen LogP contribution in [0.25, 0.3) is 0 Å². The number of ketones is 1. The molecular weight excluding hydrogens is 250 g/mol. The van der Waals surface area contributed by atoms with Crippen molar-refractivity contribution >= 4 is 17.7 Å². The van der Waals surface area contributed by atoms with E-state index < -0.39 is 11.9 Å². The minimum atomic E-state index is -1.82. The second-order valence-corrected chi connectivity index (χ2v) is 4.53. The van der Waals surface area contributed by atoms with Gasteiger partial charge in [-0.05, 0) is 25.5 Å². The van der Waals surface area contributed by atoms with Crippen LogP contribution in [0.5, 0.6) is 0 Å². The van der Waals surface area contributed by atoms with Crippen LogP contribution < -0.4 is 0 Å². The van der Waals surface area contributed by atoms with Gasteiger partial charge in [0.15, 0.2) is 5.78 Å². The molecule has 0 aliphatic carbocycles. The zero-order valence-corrected chi connectivity index (χ0v) is 11.5. The first kappa shape index (κ1) is 17.3. The highest BCUT2D eigenvalue weighted by atomic mass is 16.4. The maximum absolute atomic E-state index is 11.7. The molecule has 1 rings (SSSR count). The first-order valence-electron chi connectivity index (χ1n) is 6.17. The molecule has 2 N–H and O–H groups in total. The molecule has 6 nitrogen and oxygen atoms in total. The highest BCUT2D eigenvalue weighted by Gasteiger charge is 2.18. The highest BCUT2D eigenvalue weighted by Crippen LogP contribution is 2.16. The number of likely N-dealkylation sites (N-methyl/N-ethyl adjacent to an activating group) is 1. The number of carbonyl (C=O) groups is 3. The molecule has 108 valence electrons. The number of rotatable bonds is 3. The molecule has 1 aliphatic heterocycles. The van der Waals surface area contributed by atoms with Crippen LogP contribution in [0, 0.1) is 5.92 Å². The number of nitrogens with zero attached hydrogens (tertiary/aromatic N) is 1. The van der Waals surface area contributed by atoms with E-state index >= 15 is 0 Å². The number of hydrogen-bond donors (Lipinski definition) is 2. The Morgan fingerprint density at radius 2 is 1.84 bits per heavy atom. The lowest BCUT2D eigenvalue weighted by molar-refractivity contribution is -0.159. The van der Waals surface area contributed by atoms with Crippen molar-refractivity contribution in [1.29, 1.82) is 0 Å². The first-order chi connectivity index (χ1) is 8.79. The molecule has 0 aromatic carbocycles. The molecule has 0 aromatic heterocycles. The van der Waals surface area contributed by atoms with Gasteiger partial charge in [0.25, 0.3) is 0 Å². The summed E-state index contributed by atoms with van der Waals surface area (Å²) in [5.41, 5.74) is 1.05. The summed E-state index contributed by atoms with van der Waals surface area (Å²) in [6, 6.07) is 0. The van der Waals surface area contributed by atoms with E-state index in [1.807, 2.05) is 6.92 Å². The predicted octanol–water partition coefficient (Wildman–Crippen LogP) is 1.02. The fourth-order valence-electron chi connectivity index (χ4n) is 1.50. The van der Waals surface area contributed by atoms with E-state index in [1.165, 1.54) is 0 Å². The molecule has 0 spiro atoms. The minimum absolute atomic E-state index is 0.203. The predicted molar refractivity (Wildman–Crippen MR) is 69.9 cm³/mol. The molecule has 6 heteroatoms. The van der Waals surface area contributed by atoms with Crippen LogP contribution in [0.2, 0.25) is 0 Å². The van der Waals surface area contributed by atoms with Gasteiger partial charge in [-0.1, -0.05) is 19.9 Å². The highest BCUT2D eigenvalue weighted by molar-refractivity contribution is 6.27. The molecule has 1 heterocycles. The molecule has 0 amide bonds. The van der Waals surface area contributed by atoms with Gasteiger partial charge in [-0.2, -0.15) is 0 Å². The third kappa shape index (κ3) is 6.71. The molecule has 0 radical (unpaired) electrons. The molecule has 1 aliphatic rings. The molecule has 0 bridgehead atoms. The lowest BCUT2D eigenvalue weighted by atomic mass is 9.93. The van der Waals surface area contributed by atoms with Gasteiger partial charge in [-0.3, -0.25) is 4.79 Å². The Morgan fingerprint density at radius 3 is 2.16 bits per heavy atom. The van der Waals surface area contributed by atoms with Crippen LogP contribution >= 0.6 is 0 Å². The minimum Gasteiger partial charge on any atom is -0.473 e. The summed E-state index contributed by atoms with van der Waals surface area (Å²) in [7, 11) is 2.08. The fraction of sp³-hybridized carbons (Fsp3) is 0.615. The Morgan fingerprint density at radius 1 is 1.32 bits per heavy atom. The molecule has 1 unspecified atom stereocenters. The molecular formula is C13H21NO5. The lowest BCUT2D eigenvalue weighted by Crippen LogP contribution is -2.27. The average molecular weight is 271 g/mol. The lowest BCUT2D eigenvalue weighted by Gasteiger charge is -2.22. The van der Waals surface area contributed by atoms with Gasteiger partial charge in [0.05, 0.1) is 0 Å². The van der Waals surface area contributed by atoms with Crippen LogP contribution in [-0.4, -0.2) is 53.0 Å². The van der Waals surface area contributed by atoms with E-state index in [1.54, 1.807) is 0 Å². The van der Waals surface area contributed by atoms with Gasteiger partial charge < -0.3 is 15.1 Å². The monoisotopic (exact) mass is 271 g/mol. The van der Waals surface area contributed by atoms with Crippen molar-refractivity contribution in [3.63, 3.8) is 0 Å². The normalized spacial score (nSPS) is 16.7. The number of aliphatic carboxylic acids is 2. The van der Waals surface area contributed by atoms with Crippen LogP contribution in [-0.2, 0) is 14.4 Å². The van der Waals surface area contributed by atoms with E-state index in [2.05, 4.69) is 24.9 Å². The van der Waals surface area contributed by atoms with Crippen LogP contribution in [0.15, 0.2) is 11.6 Å². The van der Waals surface area contributed by atoms with Crippen LogP contribution in [0.4, 0.5) is 0 Å². The second-order valence-electron chi connectivity index (χ2n) is 4.53. The number of carboxylic acids is 2. The summed E-state index contributed by atoms with van der Waals surface area (Å²) < 4.78 is 0. The smallest absolute Gasteiger partial charge is 0.414 e. The van der Waals surface area contributed by atoms with Gasteiger partial charge in [0.1, 0.15) is 0 Å². The van der Waals surface area contributed by atoms with E-state index in [4.69, 9.17) is 19.8 Å². The SMILES string of the molecule is CCC(C)C(=O)C1=CCN(C)CC1.O=C(O)C(=O)O. The summed E-state index contributed by atoms with van der Waals surface area (Å²) in [5.74, 6) is -3.09. The van der Waals surface area contributed by atoms with Gasteiger partial charge in [-0.15, -0.1) is 0 Å². The summed E-state index contributed by atoms with van der Waals surface area (Å²) in [4.78, 5) is 32.2. The van der Waals surface area contributed by atoms with Crippen molar-refractivity contribution in [2.45, 2.75) is 26.7 Å². The van der Waals surface area contributed by atoms with Crippen molar-refractivity contribution in [2.24, 2.45) is 5.92 Å². The number of Topliss-reactive ketones (excluding diaryl/α,β-unsaturated/α-hetero) is 1. The summed E-state index contributed by atoms with van der Waals surface area (Å²) in [5, 5.41) is 14.8. The van der Waals surface area contributed by atoms with Crippen molar-refractivity contribution in [3.8, 4) is 0 Å². The fourth-order valence-corrected chi connectivity index (χ4v) is 1.50. The molecule has 0 saturated heterocycles. The number of hydrogen-bond acceptors (Lipinski definition) is 4. The van der Waals surface area contributed by atoms with Crippen molar-refractivity contribution < 1.29 is 24.6 Å². The van der Waals surface area contributed by atoms with Gasteiger partial charge in [0.2, 0.25) is 0 Å². The summed E-state index contributed by atoms with van der Waals surface area (Å²) in [6.07, 6.45) is 3.96. The Labute approximate surface area is 112 Å². The molecule has 0 aromatic rings. The maximum atomic E-state index is 11.7. The van der Waals surface area contributed by atoms with E-state index in [0.717, 1.165) is 31.5 Å². The van der Waals surface area contributed by atoms with Crippen molar-refractivity contribution in [3.05, 3.63) is 11.6 Å². The molecule has 0 saturated carbocycles. The van der Waals surface area contributed by atoms with Crippen LogP contribution in [0.1, 0.15) is 26.7 Å². The number of carbonyl (C=O) groups excluding carboxylic acids is 1. The Balaban J connectivity index is 0.000000459. The first-order valence-corrected chi connectivity index (χ1v) is 6.17. The summed E-state index contributed by atoms with van der Waals surface area (Å²) in [6.45, 7) is 6.03. The Bertz CT molecular complexity index is 363. The quantitative estimate of drug-likeness (QED) is 0.744. The standard InChI is InChI=1S/C11H19NO.C2H2O4/c1-4-9(2)11(13)10-5-7-12(3)8-6-10;3-1(4)2(5)6/h5,9H,4,6-8H2,1-3H3;(H,3,4)(H,5,6). The third-order valence-corrected chi connectivity index (χ3v) is 2.97. The Kier molecular flexibility index (Phi) is 7.67. The largest absolute Gasteiger partial charge is 0.473 e.